The summed E-state index contributed by atoms with van der Waals surface area (Å²) >= 11 is 0. The van der Waals surface area contributed by atoms with Crippen LogP contribution in [-0.2, 0) is 16.0 Å². The van der Waals surface area contributed by atoms with E-state index in [9.17, 15) is 9.59 Å². The Morgan fingerprint density at radius 1 is 1.06 bits per heavy atom. The Hall–Kier alpha value is -1.64. The molecule has 98 valence electrons. The molecule has 0 radical (unpaired) electrons. The molecule has 0 saturated carbocycles. The SMILES string of the molecule is CCCCCC(=O)OC(=O)c1ccc(CC)cc1. The third kappa shape index (κ3) is 4.70. The third-order valence-corrected chi connectivity index (χ3v) is 2.79. The maximum absolute atomic E-state index is 11.6. The van der Waals surface area contributed by atoms with Crippen LogP contribution in [-0.4, -0.2) is 11.9 Å². The van der Waals surface area contributed by atoms with Gasteiger partial charge in [0.1, 0.15) is 0 Å². The van der Waals surface area contributed by atoms with Crippen LogP contribution in [0.5, 0.6) is 0 Å². The lowest BCUT2D eigenvalue weighted by Gasteiger charge is -2.03. The molecule has 1 rings (SSSR count). The van der Waals surface area contributed by atoms with E-state index >= 15 is 0 Å². The first-order chi connectivity index (χ1) is 8.67. The Labute approximate surface area is 108 Å². The molecule has 0 amide bonds. The zero-order chi connectivity index (χ0) is 13.4. The molecule has 0 heterocycles. The summed E-state index contributed by atoms with van der Waals surface area (Å²) in [5.41, 5.74) is 1.58. The second kappa shape index (κ2) is 7.64. The summed E-state index contributed by atoms with van der Waals surface area (Å²) < 4.78 is 4.78. The predicted molar refractivity (Wildman–Crippen MR) is 70.4 cm³/mol. The fourth-order valence-electron chi connectivity index (χ4n) is 1.61. The molecule has 18 heavy (non-hydrogen) atoms. The third-order valence-electron chi connectivity index (χ3n) is 2.79. The lowest BCUT2D eigenvalue weighted by molar-refractivity contribution is -0.138. The van der Waals surface area contributed by atoms with Gasteiger partial charge in [0, 0.05) is 6.42 Å². The zero-order valence-electron chi connectivity index (χ0n) is 11.1. The van der Waals surface area contributed by atoms with E-state index in [4.69, 9.17) is 4.74 Å². The van der Waals surface area contributed by atoms with Crippen molar-refractivity contribution in [3.63, 3.8) is 0 Å². The smallest absolute Gasteiger partial charge is 0.345 e. The van der Waals surface area contributed by atoms with Crippen molar-refractivity contribution in [1.82, 2.24) is 0 Å². The minimum atomic E-state index is -0.556. The summed E-state index contributed by atoms with van der Waals surface area (Å²) in [5, 5.41) is 0. The van der Waals surface area contributed by atoms with Gasteiger partial charge in [-0.05, 0) is 30.5 Å². The Morgan fingerprint density at radius 3 is 2.28 bits per heavy atom. The van der Waals surface area contributed by atoms with Crippen molar-refractivity contribution in [1.29, 1.82) is 0 Å². The van der Waals surface area contributed by atoms with Crippen LogP contribution >= 0.6 is 0 Å². The van der Waals surface area contributed by atoms with Crippen LogP contribution < -0.4 is 0 Å². The van der Waals surface area contributed by atoms with E-state index in [-0.39, 0.29) is 0 Å². The minimum Gasteiger partial charge on any atom is -0.389 e. The van der Waals surface area contributed by atoms with Crippen LogP contribution in [0.2, 0.25) is 0 Å². The number of carbonyl (C=O) groups is 2. The molecular formula is C15H20O3. The fraction of sp³-hybridized carbons (Fsp3) is 0.467. The zero-order valence-corrected chi connectivity index (χ0v) is 11.1. The van der Waals surface area contributed by atoms with E-state index < -0.39 is 11.9 Å². The number of carbonyl (C=O) groups excluding carboxylic acids is 2. The van der Waals surface area contributed by atoms with Crippen molar-refractivity contribution >= 4 is 11.9 Å². The summed E-state index contributed by atoms with van der Waals surface area (Å²) in [5.74, 6) is -0.993. The van der Waals surface area contributed by atoms with Crippen LogP contribution in [0.3, 0.4) is 0 Å². The highest BCUT2D eigenvalue weighted by molar-refractivity contribution is 5.96. The van der Waals surface area contributed by atoms with Crippen LogP contribution in [0.4, 0.5) is 0 Å². The van der Waals surface area contributed by atoms with E-state index in [0.717, 1.165) is 31.2 Å². The van der Waals surface area contributed by atoms with Gasteiger partial charge in [-0.15, -0.1) is 0 Å². The van der Waals surface area contributed by atoms with Crippen LogP contribution in [0, 0.1) is 0 Å². The monoisotopic (exact) mass is 248 g/mol. The van der Waals surface area contributed by atoms with Gasteiger partial charge in [-0.25, -0.2) is 4.79 Å². The molecule has 0 aliphatic carbocycles. The average molecular weight is 248 g/mol. The minimum absolute atomic E-state index is 0.312. The molecule has 1 aromatic rings. The fourth-order valence-corrected chi connectivity index (χ4v) is 1.61. The van der Waals surface area contributed by atoms with Gasteiger partial charge in [0.05, 0.1) is 5.56 Å². The maximum Gasteiger partial charge on any atom is 0.345 e. The summed E-state index contributed by atoms with van der Waals surface area (Å²) in [6.07, 6.45) is 4.03. The van der Waals surface area contributed by atoms with Crippen molar-refractivity contribution in [2.75, 3.05) is 0 Å². The van der Waals surface area contributed by atoms with E-state index in [1.165, 1.54) is 0 Å². The maximum atomic E-state index is 11.6. The second-order valence-electron chi connectivity index (χ2n) is 4.27. The average Bonchev–Trinajstić information content (AvgIpc) is 2.39. The molecule has 0 aliphatic heterocycles. The van der Waals surface area contributed by atoms with E-state index in [2.05, 4.69) is 6.92 Å². The van der Waals surface area contributed by atoms with Crippen molar-refractivity contribution in [2.24, 2.45) is 0 Å². The van der Waals surface area contributed by atoms with E-state index in [0.29, 0.717) is 12.0 Å². The summed E-state index contributed by atoms with van der Waals surface area (Å²) in [6.45, 7) is 4.11. The first kappa shape index (κ1) is 14.4. The van der Waals surface area contributed by atoms with Gasteiger partial charge in [-0.3, -0.25) is 4.79 Å². The number of unbranched alkanes of at least 4 members (excludes halogenated alkanes) is 2. The molecule has 3 nitrogen and oxygen atoms in total. The number of hydrogen-bond acceptors (Lipinski definition) is 3. The molecule has 0 saturated heterocycles. The van der Waals surface area contributed by atoms with Crippen molar-refractivity contribution in [3.05, 3.63) is 35.4 Å². The standard InChI is InChI=1S/C15H20O3/c1-3-5-6-7-14(16)18-15(17)13-10-8-12(4-2)9-11-13/h8-11H,3-7H2,1-2H3. The summed E-state index contributed by atoms with van der Waals surface area (Å²) in [6, 6.07) is 7.14. The van der Waals surface area contributed by atoms with Gasteiger partial charge < -0.3 is 4.74 Å². The predicted octanol–water partition coefficient (Wildman–Crippen LogP) is 3.51. The Morgan fingerprint density at radius 2 is 1.72 bits per heavy atom. The van der Waals surface area contributed by atoms with Crippen LogP contribution in [0.15, 0.2) is 24.3 Å². The lowest BCUT2D eigenvalue weighted by Crippen LogP contribution is -2.12. The number of aryl methyl sites for hydroxylation is 1. The highest BCUT2D eigenvalue weighted by Crippen LogP contribution is 2.08. The molecule has 0 fully saturated rings. The molecule has 0 N–H and O–H groups in total. The Kier molecular flexibility index (Phi) is 6.12. The van der Waals surface area contributed by atoms with Gasteiger partial charge in [0.15, 0.2) is 0 Å². The van der Waals surface area contributed by atoms with Gasteiger partial charge in [-0.2, -0.15) is 0 Å². The van der Waals surface area contributed by atoms with Gasteiger partial charge in [0.2, 0.25) is 0 Å². The molecule has 0 aliphatic rings. The highest BCUT2D eigenvalue weighted by atomic mass is 16.6. The summed E-state index contributed by atoms with van der Waals surface area (Å²) in [7, 11) is 0. The Balaban J connectivity index is 2.46. The lowest BCUT2D eigenvalue weighted by atomic mass is 10.1. The first-order valence-electron chi connectivity index (χ1n) is 6.51. The molecular weight excluding hydrogens is 228 g/mol. The van der Waals surface area contributed by atoms with Gasteiger partial charge in [0.25, 0.3) is 0 Å². The first-order valence-corrected chi connectivity index (χ1v) is 6.51. The van der Waals surface area contributed by atoms with Crippen molar-refractivity contribution < 1.29 is 14.3 Å². The van der Waals surface area contributed by atoms with Gasteiger partial charge >= 0.3 is 11.9 Å². The number of hydrogen-bond donors (Lipinski definition) is 0. The normalized spacial score (nSPS) is 10.1. The van der Waals surface area contributed by atoms with Crippen LogP contribution in [0.25, 0.3) is 0 Å². The highest BCUT2D eigenvalue weighted by Gasteiger charge is 2.12. The van der Waals surface area contributed by atoms with E-state index in [1.54, 1.807) is 12.1 Å². The molecule has 0 spiro atoms. The number of ether oxygens (including phenoxy) is 1. The molecule has 0 aromatic heterocycles. The number of benzene rings is 1. The topological polar surface area (TPSA) is 43.4 Å². The van der Waals surface area contributed by atoms with E-state index in [1.807, 2.05) is 19.1 Å². The molecule has 0 unspecified atom stereocenters. The number of rotatable bonds is 6. The van der Waals surface area contributed by atoms with Crippen molar-refractivity contribution in [3.8, 4) is 0 Å². The summed E-state index contributed by atoms with van der Waals surface area (Å²) in [4.78, 5) is 23.0. The number of esters is 2. The van der Waals surface area contributed by atoms with Crippen molar-refractivity contribution in [2.45, 2.75) is 46.0 Å². The molecule has 0 bridgehead atoms. The Bertz CT molecular complexity index is 393. The molecule has 1 aromatic carbocycles. The molecule has 3 heteroatoms. The molecule has 0 atom stereocenters. The quantitative estimate of drug-likeness (QED) is 0.439. The van der Waals surface area contributed by atoms with Gasteiger partial charge in [-0.1, -0.05) is 38.8 Å². The second-order valence-corrected chi connectivity index (χ2v) is 4.27. The largest absolute Gasteiger partial charge is 0.389 e. The van der Waals surface area contributed by atoms with Crippen LogP contribution in [0.1, 0.15) is 55.5 Å².